The van der Waals surface area contributed by atoms with Crippen LogP contribution in [0.4, 0.5) is 4.79 Å². The molecule has 5 nitrogen and oxygen atoms in total. The average molecular weight is 348 g/mol. The lowest BCUT2D eigenvalue weighted by Gasteiger charge is -2.30. The first-order chi connectivity index (χ1) is 9.98. The van der Waals surface area contributed by atoms with E-state index in [-0.39, 0.29) is 5.75 Å². The molecule has 22 heavy (non-hydrogen) atoms. The third-order valence-corrected chi connectivity index (χ3v) is 4.10. The van der Waals surface area contributed by atoms with Gasteiger partial charge in [0.15, 0.2) is 0 Å². The van der Waals surface area contributed by atoms with Gasteiger partial charge in [0, 0.05) is 17.7 Å². The molecule has 0 aliphatic rings. The molecule has 1 aromatic carbocycles. The number of benzene rings is 1. The molecule has 1 amide bonds. The molecule has 0 radical (unpaired) electrons. The standard InChI is InChI=1S/C15H22ClNO4S/c1-15(2,3)21-14(18)17(4)13(11-22(16,19)20)10-12-8-6-5-7-9-12/h5-9,13H,10-11H2,1-4H3. The minimum absolute atomic E-state index is 0.334. The molecule has 0 aliphatic heterocycles. The van der Waals surface area contributed by atoms with E-state index in [1.54, 1.807) is 20.8 Å². The largest absolute Gasteiger partial charge is 0.444 e. The molecule has 1 rings (SSSR count). The van der Waals surface area contributed by atoms with Gasteiger partial charge in [-0.05, 0) is 32.8 Å². The second-order valence-corrected chi connectivity index (χ2v) is 8.96. The number of carbonyl (C=O) groups is 1. The topological polar surface area (TPSA) is 63.7 Å². The van der Waals surface area contributed by atoms with Gasteiger partial charge in [-0.25, -0.2) is 13.2 Å². The Labute approximate surface area is 136 Å². The Hall–Kier alpha value is -1.27. The maximum atomic E-state index is 12.1. The molecule has 0 saturated carbocycles. The van der Waals surface area contributed by atoms with Crippen molar-refractivity contribution in [2.75, 3.05) is 12.8 Å². The van der Waals surface area contributed by atoms with Crippen molar-refractivity contribution < 1.29 is 17.9 Å². The molecule has 0 N–H and O–H groups in total. The highest BCUT2D eigenvalue weighted by molar-refractivity contribution is 8.13. The molecule has 0 spiro atoms. The summed E-state index contributed by atoms with van der Waals surface area (Å²) in [6, 6.07) is 8.73. The van der Waals surface area contributed by atoms with Crippen molar-refractivity contribution in [3.63, 3.8) is 0 Å². The molecule has 0 heterocycles. The van der Waals surface area contributed by atoms with Crippen LogP contribution in [-0.4, -0.2) is 43.9 Å². The smallest absolute Gasteiger partial charge is 0.410 e. The van der Waals surface area contributed by atoms with Gasteiger partial charge in [0.25, 0.3) is 0 Å². The van der Waals surface area contributed by atoms with Crippen LogP contribution in [-0.2, 0) is 20.2 Å². The predicted octanol–water partition coefficient (Wildman–Crippen LogP) is 3.03. The Morgan fingerprint density at radius 3 is 2.27 bits per heavy atom. The number of likely N-dealkylation sites (N-methyl/N-ethyl adjacent to an activating group) is 1. The summed E-state index contributed by atoms with van der Waals surface area (Å²) in [6.07, 6.45) is -0.198. The van der Waals surface area contributed by atoms with Gasteiger partial charge < -0.3 is 9.64 Å². The second kappa shape index (κ2) is 7.33. The van der Waals surface area contributed by atoms with Gasteiger partial charge in [-0.1, -0.05) is 30.3 Å². The number of rotatable bonds is 5. The van der Waals surface area contributed by atoms with E-state index >= 15 is 0 Å². The van der Waals surface area contributed by atoms with E-state index in [1.165, 1.54) is 11.9 Å². The minimum atomic E-state index is -3.74. The van der Waals surface area contributed by atoms with Gasteiger partial charge in [-0.2, -0.15) is 0 Å². The second-order valence-electron chi connectivity index (χ2n) is 6.14. The van der Waals surface area contributed by atoms with E-state index in [0.29, 0.717) is 6.42 Å². The number of amides is 1. The maximum absolute atomic E-state index is 12.1. The fourth-order valence-corrected chi connectivity index (χ4v) is 3.14. The zero-order valence-corrected chi connectivity index (χ0v) is 14.8. The van der Waals surface area contributed by atoms with E-state index in [2.05, 4.69) is 0 Å². The molecular weight excluding hydrogens is 326 g/mol. The van der Waals surface area contributed by atoms with Crippen LogP contribution in [0.2, 0.25) is 0 Å². The van der Waals surface area contributed by atoms with Gasteiger partial charge in [0.05, 0.1) is 11.8 Å². The lowest BCUT2D eigenvalue weighted by atomic mass is 10.1. The van der Waals surface area contributed by atoms with Crippen molar-refractivity contribution in [1.29, 1.82) is 0 Å². The van der Waals surface area contributed by atoms with Crippen LogP contribution >= 0.6 is 10.7 Å². The van der Waals surface area contributed by atoms with E-state index in [0.717, 1.165) is 5.56 Å². The molecule has 1 unspecified atom stereocenters. The Morgan fingerprint density at radius 2 is 1.82 bits per heavy atom. The molecule has 0 saturated heterocycles. The summed E-state index contributed by atoms with van der Waals surface area (Å²) in [5.74, 6) is -0.334. The Bertz CT molecular complexity index is 596. The molecular formula is C15H22ClNO4S. The lowest BCUT2D eigenvalue weighted by Crippen LogP contribution is -2.44. The molecule has 7 heteroatoms. The maximum Gasteiger partial charge on any atom is 0.410 e. The van der Waals surface area contributed by atoms with Crippen LogP contribution in [0.5, 0.6) is 0 Å². The predicted molar refractivity (Wildman–Crippen MR) is 87.6 cm³/mol. The molecule has 1 aromatic rings. The molecule has 0 aliphatic carbocycles. The van der Waals surface area contributed by atoms with Crippen LogP contribution in [0.3, 0.4) is 0 Å². The molecule has 0 aromatic heterocycles. The highest BCUT2D eigenvalue weighted by Gasteiger charge is 2.28. The summed E-state index contributed by atoms with van der Waals surface area (Å²) >= 11 is 0. The number of carbonyl (C=O) groups excluding carboxylic acids is 1. The normalized spacial score (nSPS) is 13.5. The first-order valence-corrected chi connectivity index (χ1v) is 9.38. The summed E-state index contributed by atoms with van der Waals surface area (Å²) < 4.78 is 28.1. The minimum Gasteiger partial charge on any atom is -0.444 e. The van der Waals surface area contributed by atoms with Crippen molar-refractivity contribution in [3.8, 4) is 0 Å². The van der Waals surface area contributed by atoms with Crippen LogP contribution in [0.25, 0.3) is 0 Å². The van der Waals surface area contributed by atoms with Crippen LogP contribution in [0, 0.1) is 0 Å². The van der Waals surface area contributed by atoms with Gasteiger partial charge in [-0.15, -0.1) is 0 Å². The van der Waals surface area contributed by atoms with Crippen molar-refractivity contribution in [3.05, 3.63) is 35.9 Å². The van der Waals surface area contributed by atoms with E-state index in [1.807, 2.05) is 30.3 Å². The monoisotopic (exact) mass is 347 g/mol. The molecule has 0 fully saturated rings. The number of hydrogen-bond acceptors (Lipinski definition) is 4. The number of nitrogens with zero attached hydrogens (tertiary/aromatic N) is 1. The van der Waals surface area contributed by atoms with Gasteiger partial charge in [0.2, 0.25) is 9.05 Å². The third kappa shape index (κ3) is 7.13. The zero-order chi connectivity index (χ0) is 17.0. The first kappa shape index (κ1) is 18.8. The highest BCUT2D eigenvalue weighted by Crippen LogP contribution is 2.16. The van der Waals surface area contributed by atoms with Gasteiger partial charge in [-0.3, -0.25) is 0 Å². The van der Waals surface area contributed by atoms with Crippen molar-refractivity contribution in [2.45, 2.75) is 38.8 Å². The van der Waals surface area contributed by atoms with E-state index in [4.69, 9.17) is 15.4 Å². The van der Waals surface area contributed by atoms with Crippen molar-refractivity contribution in [1.82, 2.24) is 4.90 Å². The van der Waals surface area contributed by atoms with Crippen LogP contribution in [0.1, 0.15) is 26.3 Å². The summed E-state index contributed by atoms with van der Waals surface area (Å²) in [5, 5.41) is 0. The van der Waals surface area contributed by atoms with Gasteiger partial charge in [0.1, 0.15) is 5.60 Å². The average Bonchev–Trinajstić information content (AvgIpc) is 2.34. The quantitative estimate of drug-likeness (QED) is 0.768. The number of halogens is 1. The van der Waals surface area contributed by atoms with E-state index in [9.17, 15) is 13.2 Å². The molecule has 1 atom stereocenters. The van der Waals surface area contributed by atoms with E-state index < -0.39 is 26.8 Å². The number of hydrogen-bond donors (Lipinski definition) is 0. The Balaban J connectivity index is 2.92. The summed E-state index contributed by atoms with van der Waals surface area (Å²) in [6.45, 7) is 5.26. The van der Waals surface area contributed by atoms with Gasteiger partial charge >= 0.3 is 6.09 Å². The van der Waals surface area contributed by atoms with Crippen molar-refractivity contribution >= 4 is 25.8 Å². The molecule has 124 valence electrons. The lowest BCUT2D eigenvalue weighted by molar-refractivity contribution is 0.0239. The fourth-order valence-electron chi connectivity index (χ4n) is 1.91. The third-order valence-electron chi connectivity index (χ3n) is 2.93. The summed E-state index contributed by atoms with van der Waals surface area (Å²) in [4.78, 5) is 13.4. The van der Waals surface area contributed by atoms with Crippen molar-refractivity contribution in [2.24, 2.45) is 0 Å². The zero-order valence-electron chi connectivity index (χ0n) is 13.2. The van der Waals surface area contributed by atoms with Crippen LogP contribution < -0.4 is 0 Å². The highest BCUT2D eigenvalue weighted by atomic mass is 35.7. The molecule has 0 bridgehead atoms. The summed E-state index contributed by atoms with van der Waals surface area (Å²) in [7, 11) is 3.14. The number of ether oxygens (including phenoxy) is 1. The van der Waals surface area contributed by atoms with Crippen LogP contribution in [0.15, 0.2) is 30.3 Å². The SMILES string of the molecule is CN(C(=O)OC(C)(C)C)C(Cc1ccccc1)CS(=O)(=O)Cl. The summed E-state index contributed by atoms with van der Waals surface area (Å²) in [5.41, 5.74) is 0.269. The first-order valence-electron chi connectivity index (χ1n) is 6.90. The Kier molecular flexibility index (Phi) is 6.26. The fraction of sp³-hybridized carbons (Fsp3) is 0.533. The Morgan fingerprint density at radius 1 is 1.27 bits per heavy atom.